The van der Waals surface area contributed by atoms with E-state index in [0.717, 1.165) is 36.3 Å². The molecule has 0 spiro atoms. The van der Waals surface area contributed by atoms with Gasteiger partial charge in [-0.05, 0) is 48.2 Å². The molecule has 2 aromatic carbocycles. The predicted octanol–water partition coefficient (Wildman–Crippen LogP) is 5.14. The molecule has 0 fully saturated rings. The topological polar surface area (TPSA) is 38.7 Å². The van der Waals surface area contributed by atoms with Gasteiger partial charge in [0.25, 0.3) is 0 Å². The Bertz CT molecular complexity index is 630. The molecule has 122 valence electrons. The van der Waals surface area contributed by atoms with Crippen molar-refractivity contribution in [3.63, 3.8) is 0 Å². The Morgan fingerprint density at radius 2 is 1.39 bits per heavy atom. The van der Waals surface area contributed by atoms with Crippen molar-refractivity contribution >= 4 is 12.2 Å². The Morgan fingerprint density at radius 1 is 0.783 bits per heavy atom. The van der Waals surface area contributed by atoms with Gasteiger partial charge in [-0.2, -0.15) is 0 Å². The number of benzene rings is 2. The van der Waals surface area contributed by atoms with Crippen LogP contribution in [0.5, 0.6) is 17.2 Å². The van der Waals surface area contributed by atoms with E-state index in [1.807, 2.05) is 42.5 Å². The van der Waals surface area contributed by atoms with Gasteiger partial charge in [0.05, 0.1) is 13.2 Å². The second kappa shape index (κ2) is 8.89. The van der Waals surface area contributed by atoms with E-state index in [2.05, 4.69) is 13.8 Å². The third-order valence-electron chi connectivity index (χ3n) is 3.21. The van der Waals surface area contributed by atoms with E-state index in [1.54, 1.807) is 12.1 Å². The highest BCUT2D eigenvalue weighted by molar-refractivity contribution is 5.71. The van der Waals surface area contributed by atoms with Crippen LogP contribution in [-0.2, 0) is 0 Å². The van der Waals surface area contributed by atoms with E-state index >= 15 is 0 Å². The molecule has 0 amide bonds. The van der Waals surface area contributed by atoms with Crippen molar-refractivity contribution in [2.24, 2.45) is 0 Å². The monoisotopic (exact) mass is 312 g/mol. The molecule has 0 saturated heterocycles. The first-order valence-electron chi connectivity index (χ1n) is 8.09. The van der Waals surface area contributed by atoms with Crippen molar-refractivity contribution in [2.45, 2.75) is 26.7 Å². The lowest BCUT2D eigenvalue weighted by Gasteiger charge is -2.06. The van der Waals surface area contributed by atoms with Gasteiger partial charge < -0.3 is 14.6 Å². The lowest BCUT2D eigenvalue weighted by molar-refractivity contribution is 0.315. The summed E-state index contributed by atoms with van der Waals surface area (Å²) in [5, 5.41) is 9.78. The molecule has 0 aliphatic heterocycles. The molecule has 0 heterocycles. The van der Waals surface area contributed by atoms with Crippen molar-refractivity contribution in [3.05, 3.63) is 53.6 Å². The molecule has 0 bridgehead atoms. The minimum Gasteiger partial charge on any atom is -0.508 e. The van der Waals surface area contributed by atoms with Gasteiger partial charge in [-0.3, -0.25) is 0 Å². The molecule has 2 aromatic rings. The second-order valence-electron chi connectivity index (χ2n) is 5.36. The molecule has 0 radical (unpaired) electrons. The summed E-state index contributed by atoms with van der Waals surface area (Å²) in [5.41, 5.74) is 1.98. The van der Waals surface area contributed by atoms with Crippen LogP contribution >= 0.6 is 0 Å². The Kier molecular flexibility index (Phi) is 6.55. The molecule has 0 atom stereocenters. The van der Waals surface area contributed by atoms with Crippen molar-refractivity contribution in [1.29, 1.82) is 0 Å². The third-order valence-corrected chi connectivity index (χ3v) is 3.21. The smallest absolute Gasteiger partial charge is 0.123 e. The molecule has 0 aromatic heterocycles. The molecule has 0 unspecified atom stereocenters. The van der Waals surface area contributed by atoms with E-state index in [0.29, 0.717) is 12.4 Å². The Morgan fingerprint density at radius 3 is 2.04 bits per heavy atom. The second-order valence-corrected chi connectivity index (χ2v) is 5.36. The number of phenolic OH excluding ortho intramolecular Hbond substituents is 1. The highest BCUT2D eigenvalue weighted by Crippen LogP contribution is 2.23. The Hall–Kier alpha value is -2.42. The molecular weight excluding hydrogens is 288 g/mol. The maximum absolute atomic E-state index is 9.78. The summed E-state index contributed by atoms with van der Waals surface area (Å²) in [6.45, 7) is 5.52. The molecule has 0 saturated carbocycles. The van der Waals surface area contributed by atoms with Gasteiger partial charge in [-0.1, -0.05) is 38.1 Å². The fourth-order valence-corrected chi connectivity index (χ4v) is 2.09. The van der Waals surface area contributed by atoms with Crippen molar-refractivity contribution < 1.29 is 14.6 Å². The molecule has 3 heteroatoms. The largest absolute Gasteiger partial charge is 0.508 e. The van der Waals surface area contributed by atoms with Gasteiger partial charge in [-0.15, -0.1) is 0 Å². The van der Waals surface area contributed by atoms with E-state index in [9.17, 15) is 5.11 Å². The summed E-state index contributed by atoms with van der Waals surface area (Å²) >= 11 is 0. The van der Waals surface area contributed by atoms with Crippen LogP contribution in [0.4, 0.5) is 0 Å². The average molecular weight is 312 g/mol. The van der Waals surface area contributed by atoms with E-state index in [4.69, 9.17) is 9.47 Å². The van der Waals surface area contributed by atoms with Crippen LogP contribution < -0.4 is 9.47 Å². The Labute approximate surface area is 138 Å². The number of aromatic hydroxyl groups is 1. The van der Waals surface area contributed by atoms with Gasteiger partial charge in [0.1, 0.15) is 17.2 Å². The highest BCUT2D eigenvalue weighted by Gasteiger charge is 1.99. The predicted molar refractivity (Wildman–Crippen MR) is 95.0 cm³/mol. The number of rotatable bonds is 8. The van der Waals surface area contributed by atoms with Crippen LogP contribution in [0.1, 0.15) is 37.8 Å². The van der Waals surface area contributed by atoms with Crippen molar-refractivity contribution in [3.8, 4) is 17.2 Å². The molecular formula is C20H24O3. The van der Waals surface area contributed by atoms with E-state index < -0.39 is 0 Å². The first-order valence-corrected chi connectivity index (χ1v) is 8.09. The zero-order chi connectivity index (χ0) is 16.5. The number of hydrogen-bond donors (Lipinski definition) is 1. The van der Waals surface area contributed by atoms with Crippen LogP contribution in [-0.4, -0.2) is 18.3 Å². The van der Waals surface area contributed by atoms with E-state index in [1.165, 1.54) is 0 Å². The fraction of sp³-hybridized carbons (Fsp3) is 0.300. The lowest BCUT2D eigenvalue weighted by atomic mass is 10.1. The van der Waals surface area contributed by atoms with E-state index in [-0.39, 0.29) is 5.75 Å². The Balaban J connectivity index is 2.05. The lowest BCUT2D eigenvalue weighted by Crippen LogP contribution is -1.94. The average Bonchev–Trinajstić information content (AvgIpc) is 2.57. The first-order chi connectivity index (χ1) is 11.2. The summed E-state index contributed by atoms with van der Waals surface area (Å²) in [5.74, 6) is 1.79. The summed E-state index contributed by atoms with van der Waals surface area (Å²) in [4.78, 5) is 0. The highest BCUT2D eigenvalue weighted by atomic mass is 16.5. The zero-order valence-corrected chi connectivity index (χ0v) is 13.8. The standard InChI is InChI=1S/C20H24O3/c1-3-11-22-19-9-7-16(8-10-19)5-6-17-13-18(21)15-20(14-17)23-12-4-2/h5-10,13-15,21H,3-4,11-12H2,1-2H3/b6-5+. The molecule has 23 heavy (non-hydrogen) atoms. The van der Waals surface area contributed by atoms with Gasteiger partial charge in [-0.25, -0.2) is 0 Å². The third kappa shape index (κ3) is 5.70. The van der Waals surface area contributed by atoms with Gasteiger partial charge in [0.15, 0.2) is 0 Å². The zero-order valence-electron chi connectivity index (χ0n) is 13.8. The van der Waals surface area contributed by atoms with Crippen LogP contribution in [0, 0.1) is 0 Å². The van der Waals surface area contributed by atoms with Gasteiger partial charge in [0, 0.05) is 6.07 Å². The molecule has 0 aliphatic carbocycles. The normalized spacial score (nSPS) is 10.9. The quantitative estimate of drug-likeness (QED) is 0.686. The number of ether oxygens (including phenoxy) is 2. The minimum atomic E-state index is 0.210. The first kappa shape index (κ1) is 16.9. The van der Waals surface area contributed by atoms with Crippen LogP contribution in [0.25, 0.3) is 12.2 Å². The van der Waals surface area contributed by atoms with Gasteiger partial charge >= 0.3 is 0 Å². The maximum atomic E-state index is 9.78. The SMILES string of the molecule is CCCOc1ccc(/C=C/c2cc(O)cc(OCCC)c2)cc1. The van der Waals surface area contributed by atoms with Crippen molar-refractivity contribution in [1.82, 2.24) is 0 Å². The molecule has 1 N–H and O–H groups in total. The summed E-state index contributed by atoms with van der Waals surface area (Å²) in [7, 11) is 0. The van der Waals surface area contributed by atoms with Crippen LogP contribution in [0.15, 0.2) is 42.5 Å². The van der Waals surface area contributed by atoms with Gasteiger partial charge in [0.2, 0.25) is 0 Å². The fourth-order valence-electron chi connectivity index (χ4n) is 2.09. The minimum absolute atomic E-state index is 0.210. The molecule has 3 nitrogen and oxygen atoms in total. The number of hydrogen-bond acceptors (Lipinski definition) is 3. The molecule has 0 aliphatic rings. The summed E-state index contributed by atoms with van der Waals surface area (Å²) in [6.07, 6.45) is 5.90. The molecule has 2 rings (SSSR count). The maximum Gasteiger partial charge on any atom is 0.123 e. The summed E-state index contributed by atoms with van der Waals surface area (Å²) < 4.78 is 11.1. The van der Waals surface area contributed by atoms with Crippen molar-refractivity contribution in [2.75, 3.05) is 13.2 Å². The number of phenols is 1. The van der Waals surface area contributed by atoms with Crippen LogP contribution in [0.2, 0.25) is 0 Å². The summed E-state index contributed by atoms with van der Waals surface area (Å²) in [6, 6.07) is 13.2. The van der Waals surface area contributed by atoms with Crippen LogP contribution in [0.3, 0.4) is 0 Å².